The second-order valence-electron chi connectivity index (χ2n) is 23.8. The van der Waals surface area contributed by atoms with Gasteiger partial charge in [-0.3, -0.25) is 48.5 Å². The summed E-state index contributed by atoms with van der Waals surface area (Å²) in [6.07, 6.45) is 3.79. The molecular weight excluding hydrogens is 1130 g/mol. The molecule has 0 aliphatic carbocycles. The molecular formula is C59H100N14O12S. The van der Waals surface area contributed by atoms with E-state index in [9.17, 15) is 56.9 Å². The Labute approximate surface area is 508 Å². The monoisotopic (exact) mass is 1230 g/mol. The van der Waals surface area contributed by atoms with Crippen LogP contribution in [0.4, 0.5) is 5.69 Å². The highest BCUT2D eigenvalue weighted by molar-refractivity contribution is 7.89. The second kappa shape index (κ2) is 39.2. The van der Waals surface area contributed by atoms with Crippen LogP contribution in [-0.4, -0.2) is 146 Å². The van der Waals surface area contributed by atoms with E-state index in [-0.39, 0.29) is 98.7 Å². The summed E-state index contributed by atoms with van der Waals surface area (Å²) in [6, 6.07) is 4.19. The molecule has 0 aliphatic rings. The van der Waals surface area contributed by atoms with E-state index < -0.39 is 124 Å². The minimum Gasteiger partial charge on any atom is -0.369 e. The number of benzene rings is 2. The third-order valence-electron chi connectivity index (χ3n) is 13.9. The summed E-state index contributed by atoms with van der Waals surface area (Å²) in [4.78, 5) is 122. The Balaban J connectivity index is 2.47. The first kappa shape index (κ1) is 75.4. The van der Waals surface area contributed by atoms with E-state index in [0.29, 0.717) is 45.1 Å². The summed E-state index contributed by atoms with van der Waals surface area (Å²) in [5, 5.41) is 31.0. The van der Waals surface area contributed by atoms with Crippen molar-refractivity contribution in [1.82, 2.24) is 41.5 Å². The molecule has 86 heavy (non-hydrogen) atoms. The highest BCUT2D eigenvalue weighted by atomic mass is 32.2. The number of carbonyl (C=O) groups excluding carboxylic acids is 8. The van der Waals surface area contributed by atoms with Gasteiger partial charge >= 0.3 is 0 Å². The summed E-state index contributed by atoms with van der Waals surface area (Å²) >= 11 is 0. The van der Waals surface area contributed by atoms with Crippen molar-refractivity contribution in [3.05, 3.63) is 70.3 Å². The Morgan fingerprint density at radius 2 is 0.849 bits per heavy atom. The molecule has 8 atom stereocenters. The third kappa shape index (κ3) is 28.2. The van der Waals surface area contributed by atoms with Gasteiger partial charge in [0.05, 0.1) is 22.4 Å². The molecule has 484 valence electrons. The molecule has 8 amide bonds. The van der Waals surface area contributed by atoms with E-state index >= 15 is 0 Å². The van der Waals surface area contributed by atoms with Gasteiger partial charge in [-0.05, 0) is 151 Å². The van der Waals surface area contributed by atoms with Crippen LogP contribution in [0.15, 0.2) is 59.5 Å². The van der Waals surface area contributed by atoms with Crippen molar-refractivity contribution >= 4 is 63.0 Å². The first-order valence-electron chi connectivity index (χ1n) is 30.1. The van der Waals surface area contributed by atoms with Crippen LogP contribution in [0.1, 0.15) is 144 Å². The van der Waals surface area contributed by atoms with Crippen molar-refractivity contribution in [2.24, 2.45) is 52.3 Å². The van der Waals surface area contributed by atoms with E-state index in [1.165, 1.54) is 0 Å². The maximum atomic E-state index is 14.5. The summed E-state index contributed by atoms with van der Waals surface area (Å²) in [6.45, 7) is 14.4. The van der Waals surface area contributed by atoms with E-state index in [1.54, 1.807) is 0 Å². The van der Waals surface area contributed by atoms with Crippen LogP contribution in [0, 0.1) is 33.8 Å². The summed E-state index contributed by atoms with van der Waals surface area (Å²) < 4.78 is 28.7. The van der Waals surface area contributed by atoms with Gasteiger partial charge in [0.1, 0.15) is 36.3 Å². The number of hydrogen-bond acceptors (Lipinski definition) is 16. The SMILES string of the molecule is CC(C)C[C@@H](CN(CC(N)=O)S(=O)(=O)c1ccc([N+](=O)[O-])cc1)NC(=O)[C@H](CCCCN)NC(=O)[C@H](CCCCN)NC(=O)[C@H](CC(C)C)NC(=O)[C@H](CC(C)C)NC(=O)[C@H](CCCCN)NC(=O)[C@H](CC(C)C)NC(=O)[C@@H](N)Cc1ccccc1. The Morgan fingerprint density at radius 1 is 0.500 bits per heavy atom. The minimum atomic E-state index is -4.51. The molecule has 0 aliphatic heterocycles. The number of non-ortho nitro benzene ring substituents is 1. The lowest BCUT2D eigenvalue weighted by Gasteiger charge is -2.30. The Bertz CT molecular complexity index is 2580. The average molecular weight is 1230 g/mol. The van der Waals surface area contributed by atoms with Crippen LogP contribution in [0.5, 0.6) is 0 Å². The van der Waals surface area contributed by atoms with Crippen molar-refractivity contribution < 1.29 is 51.7 Å². The molecule has 2 rings (SSSR count). The lowest BCUT2D eigenvalue weighted by atomic mass is 9.98. The van der Waals surface area contributed by atoms with Gasteiger partial charge in [-0.1, -0.05) is 85.7 Å². The van der Waals surface area contributed by atoms with Crippen LogP contribution in [0.25, 0.3) is 0 Å². The molecule has 2 aromatic carbocycles. The van der Waals surface area contributed by atoms with Gasteiger partial charge < -0.3 is 65.9 Å². The molecule has 0 saturated heterocycles. The number of hydrogen-bond donors (Lipinski definition) is 12. The van der Waals surface area contributed by atoms with Crippen molar-refractivity contribution in [2.75, 3.05) is 32.7 Å². The fraction of sp³-hybridized carbons (Fsp3) is 0.661. The van der Waals surface area contributed by atoms with E-state index in [2.05, 4.69) is 37.2 Å². The fourth-order valence-electron chi connectivity index (χ4n) is 9.60. The van der Waals surface area contributed by atoms with E-state index in [1.807, 2.05) is 85.7 Å². The molecule has 0 saturated carbocycles. The Hall–Kier alpha value is -6.65. The molecule has 0 unspecified atom stereocenters. The number of nitro groups is 1. The quantitative estimate of drug-likeness (QED) is 0.0255. The molecule has 0 bridgehead atoms. The zero-order chi connectivity index (χ0) is 64.7. The van der Waals surface area contributed by atoms with Crippen molar-refractivity contribution in [3.8, 4) is 0 Å². The molecule has 0 radical (unpaired) electrons. The number of rotatable bonds is 43. The highest BCUT2D eigenvalue weighted by Crippen LogP contribution is 2.22. The van der Waals surface area contributed by atoms with Gasteiger partial charge in [-0.2, -0.15) is 4.31 Å². The van der Waals surface area contributed by atoms with E-state index in [0.717, 1.165) is 34.1 Å². The van der Waals surface area contributed by atoms with Crippen LogP contribution in [-0.2, 0) is 54.8 Å². The topological polar surface area (TPSA) is 431 Å². The molecule has 26 nitrogen and oxygen atoms in total. The second-order valence-corrected chi connectivity index (χ2v) is 25.7. The fourth-order valence-corrected chi connectivity index (χ4v) is 11.1. The molecule has 27 heteroatoms. The Morgan fingerprint density at radius 3 is 1.20 bits per heavy atom. The summed E-state index contributed by atoms with van der Waals surface area (Å²) in [5.74, 6) is -6.24. The number of primary amides is 1. The summed E-state index contributed by atoms with van der Waals surface area (Å²) in [5.41, 5.74) is 29.7. The van der Waals surface area contributed by atoms with Crippen molar-refractivity contribution in [1.29, 1.82) is 0 Å². The van der Waals surface area contributed by atoms with Gasteiger partial charge in [0.2, 0.25) is 57.3 Å². The predicted molar refractivity (Wildman–Crippen MR) is 329 cm³/mol. The summed E-state index contributed by atoms with van der Waals surface area (Å²) in [7, 11) is -4.51. The standard InChI is InChI=1S/C59H100N14O12S/c1-37(2)30-42(35-72(36-52(64)74)86(84,85)44-25-23-43(24-26-44)73(82)83)65-54(76)46(20-12-15-27-60)66-55(77)47(21-13-16-28-61)67-58(80)50(32-39(5)6)71-59(81)51(33-40(7)8)70-56(78)48(22-14-17-29-62)68-57(79)49(31-38(3)4)69-53(75)45(63)34-41-18-10-9-11-19-41/h9-11,18-19,23-26,37-40,42,45-51H,12-17,20-22,27-36,60-63H2,1-8H3,(H2,64,74)(H,65,76)(H,66,77)(H,67,80)(H,68,79)(H,69,75)(H,70,78)(H,71,81)/t42-,45-,46-,47-,48-,49-,50-,51-/m0/s1. The van der Waals surface area contributed by atoms with E-state index in [4.69, 9.17) is 28.7 Å². The normalized spacial score (nSPS) is 14.5. The lowest BCUT2D eigenvalue weighted by Crippen LogP contribution is -2.60. The average Bonchev–Trinajstić information content (AvgIpc) is 3.44. The van der Waals surface area contributed by atoms with Crippen LogP contribution in [0.3, 0.4) is 0 Å². The van der Waals surface area contributed by atoms with Crippen molar-refractivity contribution in [3.63, 3.8) is 0 Å². The van der Waals surface area contributed by atoms with Crippen molar-refractivity contribution in [2.45, 2.75) is 199 Å². The van der Waals surface area contributed by atoms with Gasteiger partial charge in [0, 0.05) is 24.7 Å². The number of nitrogens with two attached hydrogens (primary N) is 5. The molecule has 2 aromatic rings. The number of nitrogens with zero attached hydrogens (tertiary/aromatic N) is 2. The first-order valence-corrected chi connectivity index (χ1v) is 31.5. The zero-order valence-corrected chi connectivity index (χ0v) is 52.5. The predicted octanol–water partition coefficient (Wildman–Crippen LogP) is 1.61. The van der Waals surface area contributed by atoms with Crippen LogP contribution < -0.4 is 65.9 Å². The maximum absolute atomic E-state index is 14.5. The number of carbonyl (C=O) groups is 8. The number of amides is 8. The molecule has 0 aromatic heterocycles. The number of unbranched alkanes of at least 4 members (excludes halogenated alkanes) is 3. The van der Waals surface area contributed by atoms with Gasteiger partial charge in [-0.15, -0.1) is 0 Å². The molecule has 0 fully saturated rings. The highest BCUT2D eigenvalue weighted by Gasteiger charge is 2.36. The number of sulfonamides is 1. The zero-order valence-electron chi connectivity index (χ0n) is 51.6. The minimum absolute atomic E-state index is 0.0491. The first-order chi connectivity index (χ1) is 40.5. The molecule has 17 N–H and O–H groups in total. The number of nitrogens with one attached hydrogen (secondary N) is 7. The third-order valence-corrected chi connectivity index (χ3v) is 15.8. The largest absolute Gasteiger partial charge is 0.369 e. The number of nitro benzene ring substituents is 1. The Kier molecular flexibility index (Phi) is 34.4. The van der Waals surface area contributed by atoms with Gasteiger partial charge in [0.25, 0.3) is 5.69 Å². The van der Waals surface area contributed by atoms with Crippen LogP contribution >= 0.6 is 0 Å². The maximum Gasteiger partial charge on any atom is 0.269 e. The lowest BCUT2D eigenvalue weighted by molar-refractivity contribution is -0.384. The smallest absolute Gasteiger partial charge is 0.269 e. The molecule has 0 spiro atoms. The van der Waals surface area contributed by atoms with Gasteiger partial charge in [0.15, 0.2) is 0 Å². The van der Waals surface area contributed by atoms with Gasteiger partial charge in [-0.25, -0.2) is 8.42 Å². The van der Waals surface area contributed by atoms with Crippen LogP contribution in [0.2, 0.25) is 0 Å². The molecule has 0 heterocycles.